The van der Waals surface area contributed by atoms with Crippen LogP contribution >= 0.6 is 11.6 Å². The first-order valence-corrected chi connectivity index (χ1v) is 11.2. The molecule has 3 rings (SSSR count). The van der Waals surface area contributed by atoms with Gasteiger partial charge in [0.1, 0.15) is 0 Å². The largest absolute Gasteiger partial charge is 0.373 e. The highest BCUT2D eigenvalue weighted by Crippen LogP contribution is 2.19. The second-order valence-corrected chi connectivity index (χ2v) is 9.68. The smallest absolute Gasteiger partial charge is 0.282 e. The summed E-state index contributed by atoms with van der Waals surface area (Å²) in [6, 6.07) is 6.92. The van der Waals surface area contributed by atoms with E-state index in [1.54, 1.807) is 24.3 Å². The summed E-state index contributed by atoms with van der Waals surface area (Å²) >= 11 is 5.84. The SMILES string of the molecule is CC1CN(S(=O)(=O)N2CCN(CC(=O)Nc3ccc(Cl)cc3)CC2)CC(C)O1. The van der Waals surface area contributed by atoms with Crippen molar-refractivity contribution in [3.63, 3.8) is 0 Å². The maximum Gasteiger partial charge on any atom is 0.282 e. The second kappa shape index (κ2) is 9.06. The van der Waals surface area contributed by atoms with E-state index in [0.717, 1.165) is 0 Å². The first kappa shape index (κ1) is 21.5. The molecule has 0 aromatic heterocycles. The van der Waals surface area contributed by atoms with Crippen LogP contribution in [0.2, 0.25) is 5.02 Å². The highest BCUT2D eigenvalue weighted by atomic mass is 35.5. The molecule has 0 saturated carbocycles. The van der Waals surface area contributed by atoms with Crippen LogP contribution in [0.15, 0.2) is 24.3 Å². The molecule has 1 amide bonds. The summed E-state index contributed by atoms with van der Waals surface area (Å²) in [5, 5.41) is 3.44. The molecule has 0 radical (unpaired) electrons. The third-order valence-electron chi connectivity index (χ3n) is 4.87. The average Bonchev–Trinajstić information content (AvgIpc) is 2.63. The van der Waals surface area contributed by atoms with Crippen LogP contribution in [0.25, 0.3) is 0 Å². The molecular weight excluding hydrogens is 404 g/mol. The van der Waals surface area contributed by atoms with Gasteiger partial charge in [-0.1, -0.05) is 11.6 Å². The van der Waals surface area contributed by atoms with Crippen LogP contribution in [0, 0.1) is 0 Å². The van der Waals surface area contributed by atoms with Gasteiger partial charge in [0, 0.05) is 50.0 Å². The lowest BCUT2D eigenvalue weighted by atomic mass is 10.3. The number of ether oxygens (including phenoxy) is 1. The first-order valence-electron chi connectivity index (χ1n) is 9.42. The Bertz CT molecular complexity index is 771. The summed E-state index contributed by atoms with van der Waals surface area (Å²) in [6.45, 7) is 6.51. The molecule has 0 spiro atoms. The average molecular weight is 431 g/mol. The Morgan fingerprint density at radius 3 is 2.21 bits per heavy atom. The number of carbonyl (C=O) groups excluding carboxylic acids is 1. The third-order valence-corrected chi connectivity index (χ3v) is 7.09. The third kappa shape index (κ3) is 5.43. The van der Waals surface area contributed by atoms with E-state index < -0.39 is 10.2 Å². The van der Waals surface area contributed by atoms with Gasteiger partial charge in [-0.3, -0.25) is 9.69 Å². The summed E-state index contributed by atoms with van der Waals surface area (Å²) in [4.78, 5) is 14.2. The Labute approximate surface area is 171 Å². The van der Waals surface area contributed by atoms with Crippen molar-refractivity contribution in [1.29, 1.82) is 0 Å². The molecule has 2 aliphatic heterocycles. The lowest BCUT2D eigenvalue weighted by molar-refractivity contribution is -0.117. The molecule has 8 nitrogen and oxygen atoms in total. The number of nitrogens with zero attached hydrogens (tertiary/aromatic N) is 3. The summed E-state index contributed by atoms with van der Waals surface area (Å²) < 4.78 is 34.5. The number of amides is 1. The van der Waals surface area contributed by atoms with Crippen molar-refractivity contribution in [2.24, 2.45) is 0 Å². The van der Waals surface area contributed by atoms with Crippen molar-refractivity contribution in [3.05, 3.63) is 29.3 Å². The molecule has 2 fully saturated rings. The number of nitrogens with one attached hydrogen (secondary N) is 1. The van der Waals surface area contributed by atoms with E-state index in [9.17, 15) is 13.2 Å². The molecule has 2 aliphatic rings. The van der Waals surface area contributed by atoms with Gasteiger partial charge in [0.2, 0.25) is 5.91 Å². The molecule has 10 heteroatoms. The molecule has 156 valence electrons. The Kier molecular flexibility index (Phi) is 6.95. The minimum atomic E-state index is -3.51. The molecule has 2 unspecified atom stereocenters. The van der Waals surface area contributed by atoms with Crippen molar-refractivity contribution in [1.82, 2.24) is 13.5 Å². The van der Waals surface area contributed by atoms with E-state index in [1.165, 1.54) is 8.61 Å². The van der Waals surface area contributed by atoms with Gasteiger partial charge in [-0.05, 0) is 38.1 Å². The Hall–Kier alpha value is -1.23. The summed E-state index contributed by atoms with van der Waals surface area (Å²) in [7, 11) is -3.51. The number of benzene rings is 1. The minimum absolute atomic E-state index is 0.114. The molecule has 2 heterocycles. The Morgan fingerprint density at radius 2 is 1.64 bits per heavy atom. The van der Waals surface area contributed by atoms with Crippen LogP contribution in [0.5, 0.6) is 0 Å². The predicted molar refractivity (Wildman–Crippen MR) is 109 cm³/mol. The van der Waals surface area contributed by atoms with Gasteiger partial charge in [-0.15, -0.1) is 0 Å². The van der Waals surface area contributed by atoms with Crippen LogP contribution in [-0.2, 0) is 19.7 Å². The van der Waals surface area contributed by atoms with Gasteiger partial charge in [0.05, 0.1) is 18.8 Å². The number of anilines is 1. The number of carbonyl (C=O) groups is 1. The zero-order chi connectivity index (χ0) is 20.3. The van der Waals surface area contributed by atoms with Crippen LogP contribution in [0.4, 0.5) is 5.69 Å². The Balaban J connectivity index is 1.49. The van der Waals surface area contributed by atoms with Crippen molar-refractivity contribution < 1.29 is 17.9 Å². The molecule has 1 N–H and O–H groups in total. The second-order valence-electron chi connectivity index (χ2n) is 7.31. The highest BCUT2D eigenvalue weighted by Gasteiger charge is 2.36. The summed E-state index contributed by atoms with van der Waals surface area (Å²) in [5.41, 5.74) is 0.686. The zero-order valence-corrected chi connectivity index (χ0v) is 17.7. The van der Waals surface area contributed by atoms with E-state index in [0.29, 0.717) is 50.0 Å². The fourth-order valence-corrected chi connectivity index (χ4v) is 5.41. The molecule has 2 saturated heterocycles. The predicted octanol–water partition coefficient (Wildman–Crippen LogP) is 1.25. The van der Waals surface area contributed by atoms with Crippen molar-refractivity contribution >= 4 is 33.4 Å². The topological polar surface area (TPSA) is 82.2 Å². The summed E-state index contributed by atoms with van der Waals surface area (Å²) in [6.07, 6.45) is -0.229. The maximum atomic E-state index is 12.9. The van der Waals surface area contributed by atoms with E-state index in [1.807, 2.05) is 18.7 Å². The van der Waals surface area contributed by atoms with Crippen LogP contribution in [0.1, 0.15) is 13.8 Å². The number of halogens is 1. The number of morpholine rings is 1. The lowest BCUT2D eigenvalue weighted by Crippen LogP contribution is -2.57. The van der Waals surface area contributed by atoms with Gasteiger partial charge in [0.15, 0.2) is 0 Å². The van der Waals surface area contributed by atoms with Crippen LogP contribution in [0.3, 0.4) is 0 Å². The van der Waals surface area contributed by atoms with E-state index >= 15 is 0 Å². The van der Waals surface area contributed by atoms with Crippen LogP contribution in [-0.4, -0.2) is 85.9 Å². The molecule has 1 aromatic rings. The Morgan fingerprint density at radius 1 is 1.07 bits per heavy atom. The summed E-state index contributed by atoms with van der Waals surface area (Å²) in [5.74, 6) is -0.130. The van der Waals surface area contributed by atoms with Crippen molar-refractivity contribution in [3.8, 4) is 0 Å². The normalized spacial score (nSPS) is 25.5. The molecule has 28 heavy (non-hydrogen) atoms. The lowest BCUT2D eigenvalue weighted by Gasteiger charge is -2.40. The van der Waals surface area contributed by atoms with E-state index in [4.69, 9.17) is 16.3 Å². The van der Waals surface area contributed by atoms with Gasteiger partial charge < -0.3 is 10.1 Å². The fourth-order valence-electron chi connectivity index (χ4n) is 3.54. The number of piperazine rings is 1. The van der Waals surface area contributed by atoms with Gasteiger partial charge in [-0.2, -0.15) is 17.0 Å². The van der Waals surface area contributed by atoms with Crippen LogP contribution < -0.4 is 5.32 Å². The standard InChI is InChI=1S/C18H27ClN4O4S/c1-14-11-23(12-15(2)27-14)28(25,26)22-9-7-21(8-10-22)13-18(24)20-17-5-3-16(19)4-6-17/h3-6,14-15H,7-13H2,1-2H3,(H,20,24). The van der Waals surface area contributed by atoms with Gasteiger partial charge in [0.25, 0.3) is 10.2 Å². The van der Waals surface area contributed by atoms with E-state index in [2.05, 4.69) is 5.32 Å². The van der Waals surface area contributed by atoms with E-state index in [-0.39, 0.29) is 24.7 Å². The van der Waals surface area contributed by atoms with Gasteiger partial charge in [-0.25, -0.2) is 0 Å². The van der Waals surface area contributed by atoms with Crippen molar-refractivity contribution in [2.75, 3.05) is 51.1 Å². The highest BCUT2D eigenvalue weighted by molar-refractivity contribution is 7.86. The first-order chi connectivity index (χ1) is 13.2. The number of hydrogen-bond acceptors (Lipinski definition) is 5. The quantitative estimate of drug-likeness (QED) is 0.760. The number of rotatable bonds is 5. The fraction of sp³-hybridized carbons (Fsp3) is 0.611. The number of hydrogen-bond donors (Lipinski definition) is 1. The molecule has 0 bridgehead atoms. The molecule has 1 aromatic carbocycles. The molecular formula is C18H27ClN4O4S. The molecule has 0 aliphatic carbocycles. The maximum absolute atomic E-state index is 12.9. The monoisotopic (exact) mass is 430 g/mol. The molecule has 2 atom stereocenters. The zero-order valence-electron chi connectivity index (χ0n) is 16.2. The van der Waals surface area contributed by atoms with Crippen molar-refractivity contribution in [2.45, 2.75) is 26.1 Å². The van der Waals surface area contributed by atoms with Gasteiger partial charge >= 0.3 is 0 Å². The minimum Gasteiger partial charge on any atom is -0.373 e.